The molecule has 1 aromatic rings. The van der Waals surface area contributed by atoms with E-state index in [1.54, 1.807) is 6.07 Å². The van der Waals surface area contributed by atoms with Crippen LogP contribution < -0.4 is 10.1 Å². The van der Waals surface area contributed by atoms with Crippen LogP contribution in [0.15, 0.2) is 18.2 Å². The van der Waals surface area contributed by atoms with E-state index in [-0.39, 0.29) is 16.7 Å². The van der Waals surface area contributed by atoms with E-state index >= 15 is 0 Å². The highest BCUT2D eigenvalue weighted by atomic mass is 32.2. The summed E-state index contributed by atoms with van der Waals surface area (Å²) in [5.41, 5.74) is 0.801. The molecule has 0 saturated heterocycles. The molecule has 1 aliphatic rings. The Balaban J connectivity index is 2.13. The van der Waals surface area contributed by atoms with Gasteiger partial charge in [0.25, 0.3) is 5.69 Å². The summed E-state index contributed by atoms with van der Waals surface area (Å²) in [6.45, 7) is 4.63. The third-order valence-corrected chi connectivity index (χ3v) is 4.75. The van der Waals surface area contributed by atoms with E-state index in [1.807, 2.05) is 31.7 Å². The van der Waals surface area contributed by atoms with Crippen molar-refractivity contribution >= 4 is 23.1 Å². The number of thioether (sulfide) groups is 1. The minimum absolute atomic E-state index is 0.00849. The van der Waals surface area contributed by atoms with Gasteiger partial charge in [-0.15, -0.1) is 0 Å². The van der Waals surface area contributed by atoms with E-state index in [0.717, 1.165) is 12.2 Å². The Morgan fingerprint density at radius 2 is 2.15 bits per heavy atom. The lowest BCUT2D eigenvalue weighted by atomic mass is 10.2. The van der Waals surface area contributed by atoms with E-state index in [0.29, 0.717) is 10.5 Å². The number of hydrogen-bond donors (Lipinski definition) is 1. The first-order valence-electron chi connectivity index (χ1n) is 6.69. The minimum atomic E-state index is -0.389. The first kappa shape index (κ1) is 15.0. The highest BCUT2D eigenvalue weighted by molar-refractivity contribution is 8.00. The number of nitrogens with one attached hydrogen (secondary N) is 1. The second kappa shape index (κ2) is 5.91. The van der Waals surface area contributed by atoms with Gasteiger partial charge in [-0.05, 0) is 32.9 Å². The second-order valence-electron chi connectivity index (χ2n) is 5.38. The molecule has 0 atom stereocenters. The lowest BCUT2D eigenvalue weighted by molar-refractivity contribution is -0.384. The fourth-order valence-corrected chi connectivity index (χ4v) is 2.71. The van der Waals surface area contributed by atoms with Crippen LogP contribution in [0, 0.1) is 10.1 Å². The second-order valence-corrected chi connectivity index (χ2v) is 6.65. The van der Waals surface area contributed by atoms with Crippen LogP contribution in [0.2, 0.25) is 0 Å². The highest BCUT2D eigenvalue weighted by Gasteiger charge is 2.41. The lowest BCUT2D eigenvalue weighted by Crippen LogP contribution is -2.17. The van der Waals surface area contributed by atoms with Crippen LogP contribution in [0.4, 0.5) is 11.4 Å². The summed E-state index contributed by atoms with van der Waals surface area (Å²) in [7, 11) is 0. The number of rotatable bonds is 7. The number of non-ortho nitro benzene ring substituents is 1. The van der Waals surface area contributed by atoms with Crippen LogP contribution in [-0.4, -0.2) is 28.6 Å². The van der Waals surface area contributed by atoms with Crippen LogP contribution in [-0.2, 0) is 0 Å². The Morgan fingerprint density at radius 1 is 1.45 bits per heavy atom. The first-order chi connectivity index (χ1) is 9.44. The number of benzene rings is 1. The molecule has 0 bridgehead atoms. The summed E-state index contributed by atoms with van der Waals surface area (Å²) in [5.74, 6) is 0.533. The molecule has 0 radical (unpaired) electrons. The molecule has 0 aliphatic heterocycles. The van der Waals surface area contributed by atoms with E-state index in [1.165, 1.54) is 18.9 Å². The molecule has 5 nitrogen and oxygen atoms in total. The van der Waals surface area contributed by atoms with Gasteiger partial charge in [-0.2, -0.15) is 11.8 Å². The summed E-state index contributed by atoms with van der Waals surface area (Å²) in [4.78, 5) is 10.6. The van der Waals surface area contributed by atoms with Gasteiger partial charge >= 0.3 is 0 Å². The zero-order valence-corrected chi connectivity index (χ0v) is 12.8. The Labute approximate surface area is 123 Å². The summed E-state index contributed by atoms with van der Waals surface area (Å²) in [5, 5.41) is 14.3. The van der Waals surface area contributed by atoms with Gasteiger partial charge in [0.15, 0.2) is 0 Å². The molecule has 20 heavy (non-hydrogen) atoms. The summed E-state index contributed by atoms with van der Waals surface area (Å²) in [6, 6.07) is 4.85. The minimum Gasteiger partial charge on any atom is -0.491 e. The molecule has 6 heteroatoms. The van der Waals surface area contributed by atoms with Crippen molar-refractivity contribution in [2.45, 2.75) is 37.5 Å². The Morgan fingerprint density at radius 3 is 2.65 bits per heavy atom. The van der Waals surface area contributed by atoms with Gasteiger partial charge in [0, 0.05) is 29.1 Å². The van der Waals surface area contributed by atoms with Gasteiger partial charge in [-0.1, -0.05) is 0 Å². The molecule has 1 fully saturated rings. The average Bonchev–Trinajstić information content (AvgIpc) is 3.16. The monoisotopic (exact) mass is 296 g/mol. The lowest BCUT2D eigenvalue weighted by Gasteiger charge is -2.16. The molecule has 1 saturated carbocycles. The topological polar surface area (TPSA) is 64.4 Å². The van der Waals surface area contributed by atoms with Crippen LogP contribution in [0.25, 0.3) is 0 Å². The molecular formula is C14H20N2O3S. The maximum absolute atomic E-state index is 11.0. The predicted octanol–water partition coefficient (Wildman–Crippen LogP) is 3.69. The number of hydrogen-bond acceptors (Lipinski definition) is 5. The maximum Gasteiger partial charge on any atom is 0.275 e. The zero-order valence-electron chi connectivity index (χ0n) is 12.0. The molecule has 1 N–H and O–H groups in total. The third kappa shape index (κ3) is 3.79. The Kier molecular flexibility index (Phi) is 4.42. The number of nitro groups is 1. The summed E-state index contributed by atoms with van der Waals surface area (Å²) in [6.07, 6.45) is 4.50. The molecular weight excluding hydrogens is 276 g/mol. The largest absolute Gasteiger partial charge is 0.491 e. The average molecular weight is 296 g/mol. The maximum atomic E-state index is 11.0. The van der Waals surface area contributed by atoms with Gasteiger partial charge < -0.3 is 10.1 Å². The van der Waals surface area contributed by atoms with Gasteiger partial charge in [-0.25, -0.2) is 0 Å². The van der Waals surface area contributed by atoms with Crippen LogP contribution in [0.1, 0.15) is 26.7 Å². The van der Waals surface area contributed by atoms with Crippen molar-refractivity contribution in [2.75, 3.05) is 18.1 Å². The molecule has 2 rings (SSSR count). The van der Waals surface area contributed by atoms with Crippen molar-refractivity contribution in [1.29, 1.82) is 0 Å². The molecule has 110 valence electrons. The fourth-order valence-electron chi connectivity index (χ4n) is 1.99. The summed E-state index contributed by atoms with van der Waals surface area (Å²) >= 11 is 1.86. The van der Waals surface area contributed by atoms with Gasteiger partial charge in [0.1, 0.15) is 5.75 Å². The van der Waals surface area contributed by atoms with Crippen molar-refractivity contribution < 1.29 is 9.66 Å². The van der Waals surface area contributed by atoms with Crippen LogP contribution >= 0.6 is 11.8 Å². The molecule has 0 spiro atoms. The number of anilines is 1. The zero-order chi connectivity index (χ0) is 14.8. The summed E-state index contributed by atoms with van der Waals surface area (Å²) < 4.78 is 5.88. The SMILES string of the molecule is CSC1(CNc2cc(OC(C)C)cc([N+](=O)[O-])c2)CC1. The molecule has 0 unspecified atom stereocenters. The number of ether oxygens (including phenoxy) is 1. The highest BCUT2D eigenvalue weighted by Crippen LogP contribution is 2.47. The fraction of sp³-hybridized carbons (Fsp3) is 0.571. The smallest absolute Gasteiger partial charge is 0.275 e. The number of nitrogens with zero attached hydrogens (tertiary/aromatic N) is 1. The molecule has 0 heterocycles. The predicted molar refractivity (Wildman–Crippen MR) is 82.8 cm³/mol. The van der Waals surface area contributed by atoms with Gasteiger partial charge in [-0.3, -0.25) is 10.1 Å². The Hall–Kier alpha value is -1.43. The quantitative estimate of drug-likeness (QED) is 0.614. The standard InChI is InChI=1S/C14H20N2O3S/c1-10(2)19-13-7-11(6-12(8-13)16(17)18)15-9-14(20-3)4-5-14/h6-8,10,15H,4-5,9H2,1-3H3. The first-order valence-corrected chi connectivity index (χ1v) is 7.92. The van der Waals surface area contributed by atoms with E-state index < -0.39 is 0 Å². The molecule has 0 amide bonds. The van der Waals surface area contributed by atoms with Crippen molar-refractivity contribution in [1.82, 2.24) is 0 Å². The van der Waals surface area contributed by atoms with Crippen LogP contribution in [0.3, 0.4) is 0 Å². The third-order valence-electron chi connectivity index (χ3n) is 3.33. The Bertz CT molecular complexity index is 501. The van der Waals surface area contributed by atoms with Crippen molar-refractivity contribution in [3.05, 3.63) is 28.3 Å². The van der Waals surface area contributed by atoms with Crippen molar-refractivity contribution in [3.8, 4) is 5.75 Å². The normalized spacial score (nSPS) is 16.0. The van der Waals surface area contributed by atoms with E-state index in [9.17, 15) is 10.1 Å². The molecule has 1 aromatic carbocycles. The van der Waals surface area contributed by atoms with Gasteiger partial charge in [0.2, 0.25) is 0 Å². The van der Waals surface area contributed by atoms with E-state index in [4.69, 9.17) is 4.74 Å². The molecule has 0 aromatic heterocycles. The van der Waals surface area contributed by atoms with Crippen molar-refractivity contribution in [3.63, 3.8) is 0 Å². The van der Waals surface area contributed by atoms with Crippen LogP contribution in [0.5, 0.6) is 5.75 Å². The molecule has 1 aliphatic carbocycles. The van der Waals surface area contributed by atoms with E-state index in [2.05, 4.69) is 11.6 Å². The number of nitro benzene ring substituents is 1. The van der Waals surface area contributed by atoms with Crippen molar-refractivity contribution in [2.24, 2.45) is 0 Å². The van der Waals surface area contributed by atoms with Gasteiger partial charge in [0.05, 0.1) is 17.1 Å².